The van der Waals surface area contributed by atoms with Gasteiger partial charge in [0, 0.05) is 19.3 Å². The number of nitrogens with two attached hydrogens (primary N) is 2. The van der Waals surface area contributed by atoms with E-state index >= 15 is 0 Å². The highest BCUT2D eigenvalue weighted by molar-refractivity contribution is 5.86. The van der Waals surface area contributed by atoms with Crippen molar-refractivity contribution in [2.75, 3.05) is 18.5 Å². The van der Waals surface area contributed by atoms with E-state index < -0.39 is 11.4 Å². The van der Waals surface area contributed by atoms with Gasteiger partial charge in [0.05, 0.1) is 0 Å². The Balaban J connectivity index is 2.11. The lowest BCUT2D eigenvalue weighted by molar-refractivity contribution is -0.123. The van der Waals surface area contributed by atoms with E-state index in [-0.39, 0.29) is 5.92 Å². The predicted octanol–water partition coefficient (Wildman–Crippen LogP) is 0.716. The van der Waals surface area contributed by atoms with Crippen molar-refractivity contribution in [3.63, 3.8) is 0 Å². The van der Waals surface area contributed by atoms with Crippen LogP contribution in [0.3, 0.4) is 0 Å². The number of carbonyl (C=O) groups excluding carboxylic acids is 1. The number of likely N-dealkylation sites (N-methyl/N-ethyl adjacent to an activating group) is 1. The molecule has 1 unspecified atom stereocenters. The van der Waals surface area contributed by atoms with Gasteiger partial charge >= 0.3 is 0 Å². The fraction of sp³-hybridized carbons (Fsp3) is 0.462. The fourth-order valence-electron chi connectivity index (χ4n) is 2.17. The fourth-order valence-corrected chi connectivity index (χ4v) is 2.17. The number of primary amides is 1. The van der Waals surface area contributed by atoms with Gasteiger partial charge in [-0.1, -0.05) is 18.2 Å². The van der Waals surface area contributed by atoms with Gasteiger partial charge in [0.25, 0.3) is 0 Å². The maximum atomic E-state index is 11.5. The molecule has 0 heterocycles. The standard InChI is InChI=1S/C13H19N3O/c1-16(11-5-3-2-4-6-11)9-13(15,12(14)17)10-7-8-10/h2-6,10H,7-9,15H2,1H3,(H2,14,17). The molecule has 0 saturated heterocycles. The van der Waals surface area contributed by atoms with E-state index in [9.17, 15) is 4.79 Å². The normalized spacial score (nSPS) is 18.5. The van der Waals surface area contributed by atoms with E-state index in [1.165, 1.54) is 0 Å². The number of nitrogens with zero attached hydrogens (tertiary/aromatic N) is 1. The Labute approximate surface area is 102 Å². The van der Waals surface area contributed by atoms with Gasteiger partial charge in [0.1, 0.15) is 5.54 Å². The monoisotopic (exact) mass is 233 g/mol. The van der Waals surface area contributed by atoms with Crippen LogP contribution in [-0.4, -0.2) is 25.0 Å². The third-order valence-electron chi connectivity index (χ3n) is 3.46. The molecule has 92 valence electrons. The summed E-state index contributed by atoms with van der Waals surface area (Å²) >= 11 is 0. The number of para-hydroxylation sites is 1. The minimum Gasteiger partial charge on any atom is -0.372 e. The van der Waals surface area contributed by atoms with Crippen LogP contribution in [0.2, 0.25) is 0 Å². The van der Waals surface area contributed by atoms with E-state index in [2.05, 4.69) is 0 Å². The minimum absolute atomic E-state index is 0.242. The van der Waals surface area contributed by atoms with Crippen LogP contribution in [0.5, 0.6) is 0 Å². The number of anilines is 1. The Morgan fingerprint density at radius 2 is 2.00 bits per heavy atom. The number of amides is 1. The number of hydrogen-bond acceptors (Lipinski definition) is 3. The summed E-state index contributed by atoms with van der Waals surface area (Å²) in [7, 11) is 1.93. The van der Waals surface area contributed by atoms with Crippen LogP contribution >= 0.6 is 0 Å². The number of hydrogen-bond donors (Lipinski definition) is 2. The number of rotatable bonds is 5. The Morgan fingerprint density at radius 1 is 1.41 bits per heavy atom. The van der Waals surface area contributed by atoms with Crippen molar-refractivity contribution in [2.45, 2.75) is 18.4 Å². The lowest BCUT2D eigenvalue weighted by atomic mass is 9.93. The summed E-state index contributed by atoms with van der Waals surface area (Å²) < 4.78 is 0. The molecule has 1 aromatic rings. The quantitative estimate of drug-likeness (QED) is 0.787. The average molecular weight is 233 g/mol. The summed E-state index contributed by atoms with van der Waals surface area (Å²) in [5.74, 6) is -0.158. The van der Waals surface area contributed by atoms with E-state index in [1.807, 2.05) is 42.3 Å². The van der Waals surface area contributed by atoms with Crippen molar-refractivity contribution in [3.05, 3.63) is 30.3 Å². The first-order chi connectivity index (χ1) is 8.04. The molecular weight excluding hydrogens is 214 g/mol. The molecule has 4 N–H and O–H groups in total. The molecule has 1 aliphatic rings. The summed E-state index contributed by atoms with van der Waals surface area (Å²) in [5, 5.41) is 0. The van der Waals surface area contributed by atoms with Gasteiger partial charge in [-0.05, 0) is 30.9 Å². The van der Waals surface area contributed by atoms with Gasteiger partial charge in [-0.3, -0.25) is 4.79 Å². The molecule has 17 heavy (non-hydrogen) atoms. The Morgan fingerprint density at radius 3 is 2.47 bits per heavy atom. The lowest BCUT2D eigenvalue weighted by Gasteiger charge is -2.32. The number of benzene rings is 1. The summed E-state index contributed by atoms with van der Waals surface area (Å²) in [6.07, 6.45) is 2.00. The molecule has 0 aromatic heterocycles. The summed E-state index contributed by atoms with van der Waals surface area (Å²) in [4.78, 5) is 13.5. The van der Waals surface area contributed by atoms with E-state index in [1.54, 1.807) is 0 Å². The first kappa shape index (κ1) is 11.9. The zero-order chi connectivity index (χ0) is 12.5. The van der Waals surface area contributed by atoms with Gasteiger partial charge in [-0.25, -0.2) is 0 Å². The third kappa shape index (κ3) is 2.42. The third-order valence-corrected chi connectivity index (χ3v) is 3.46. The highest BCUT2D eigenvalue weighted by atomic mass is 16.1. The van der Waals surface area contributed by atoms with Crippen LogP contribution in [0.1, 0.15) is 12.8 Å². The molecule has 0 radical (unpaired) electrons. The maximum Gasteiger partial charge on any atom is 0.239 e. The number of carbonyl (C=O) groups is 1. The van der Waals surface area contributed by atoms with Crippen molar-refractivity contribution in [3.8, 4) is 0 Å². The molecular formula is C13H19N3O. The second-order valence-corrected chi connectivity index (χ2v) is 4.87. The van der Waals surface area contributed by atoms with Crippen molar-refractivity contribution in [1.29, 1.82) is 0 Å². The SMILES string of the molecule is CN(CC(N)(C(N)=O)C1CC1)c1ccccc1. The summed E-state index contributed by atoms with van der Waals surface area (Å²) in [6.45, 7) is 0.469. The molecule has 0 spiro atoms. The second kappa shape index (κ2) is 4.37. The summed E-state index contributed by atoms with van der Waals surface area (Å²) in [5.41, 5.74) is 11.8. The Hall–Kier alpha value is -1.55. The maximum absolute atomic E-state index is 11.5. The van der Waals surface area contributed by atoms with Crippen LogP contribution < -0.4 is 16.4 Å². The lowest BCUT2D eigenvalue weighted by Crippen LogP contribution is -2.60. The van der Waals surface area contributed by atoms with Crippen LogP contribution in [0.25, 0.3) is 0 Å². The van der Waals surface area contributed by atoms with Crippen LogP contribution in [0.15, 0.2) is 30.3 Å². The first-order valence-electron chi connectivity index (χ1n) is 5.89. The van der Waals surface area contributed by atoms with Crippen molar-refractivity contribution in [2.24, 2.45) is 17.4 Å². The molecule has 1 aromatic carbocycles. The van der Waals surface area contributed by atoms with Gasteiger partial charge in [-0.15, -0.1) is 0 Å². The van der Waals surface area contributed by atoms with Crippen molar-refractivity contribution >= 4 is 11.6 Å². The molecule has 1 aliphatic carbocycles. The van der Waals surface area contributed by atoms with Gasteiger partial charge < -0.3 is 16.4 Å². The molecule has 1 atom stereocenters. The summed E-state index contributed by atoms with van der Waals surface area (Å²) in [6, 6.07) is 9.88. The highest BCUT2D eigenvalue weighted by Crippen LogP contribution is 2.38. The largest absolute Gasteiger partial charge is 0.372 e. The van der Waals surface area contributed by atoms with E-state index in [4.69, 9.17) is 11.5 Å². The zero-order valence-electron chi connectivity index (χ0n) is 10.1. The molecule has 4 heteroatoms. The zero-order valence-corrected chi connectivity index (χ0v) is 10.1. The van der Waals surface area contributed by atoms with E-state index in [0.717, 1.165) is 18.5 Å². The molecule has 0 bridgehead atoms. The highest BCUT2D eigenvalue weighted by Gasteiger charge is 2.47. The molecule has 1 saturated carbocycles. The van der Waals surface area contributed by atoms with Crippen molar-refractivity contribution < 1.29 is 4.79 Å². The van der Waals surface area contributed by atoms with Gasteiger partial charge in [0.2, 0.25) is 5.91 Å². The van der Waals surface area contributed by atoms with Crippen molar-refractivity contribution in [1.82, 2.24) is 0 Å². The van der Waals surface area contributed by atoms with Gasteiger partial charge in [-0.2, -0.15) is 0 Å². The first-order valence-corrected chi connectivity index (χ1v) is 5.89. The van der Waals surface area contributed by atoms with Crippen LogP contribution in [-0.2, 0) is 4.79 Å². The minimum atomic E-state index is -0.898. The molecule has 1 fully saturated rings. The second-order valence-electron chi connectivity index (χ2n) is 4.87. The van der Waals surface area contributed by atoms with Crippen LogP contribution in [0, 0.1) is 5.92 Å². The molecule has 1 amide bonds. The molecule has 4 nitrogen and oxygen atoms in total. The Kier molecular flexibility index (Phi) is 3.07. The average Bonchev–Trinajstić information content (AvgIpc) is 3.13. The smallest absolute Gasteiger partial charge is 0.239 e. The molecule has 0 aliphatic heterocycles. The predicted molar refractivity (Wildman–Crippen MR) is 68.5 cm³/mol. The van der Waals surface area contributed by atoms with Gasteiger partial charge in [0.15, 0.2) is 0 Å². The van der Waals surface area contributed by atoms with Crippen LogP contribution in [0.4, 0.5) is 5.69 Å². The Bertz CT molecular complexity index is 402. The van der Waals surface area contributed by atoms with E-state index in [0.29, 0.717) is 6.54 Å². The topological polar surface area (TPSA) is 72.3 Å². The molecule has 2 rings (SSSR count).